The number of rotatable bonds is 6. The molecular weight excluding hydrogens is 304 g/mol. The maximum Gasteiger partial charge on any atom is 0.191 e. The van der Waals surface area contributed by atoms with Crippen LogP contribution in [0.2, 0.25) is 0 Å². The molecule has 0 aliphatic heterocycles. The fourth-order valence-electron chi connectivity index (χ4n) is 2.26. The topological polar surface area (TPSA) is 49.3 Å². The number of aromatic nitrogens is 1. The predicted molar refractivity (Wildman–Crippen MR) is 99.3 cm³/mol. The zero-order chi connectivity index (χ0) is 16.7. The van der Waals surface area contributed by atoms with Crippen molar-refractivity contribution in [3.05, 3.63) is 51.0 Å². The highest BCUT2D eigenvalue weighted by molar-refractivity contribution is 7.11. The average Bonchev–Trinajstić information content (AvgIpc) is 2.83. The maximum absolute atomic E-state index is 4.66. The molecule has 2 rings (SSSR count). The molecule has 0 radical (unpaired) electrons. The van der Waals surface area contributed by atoms with E-state index in [1.165, 1.54) is 21.0 Å². The first kappa shape index (κ1) is 17.5. The molecule has 5 heteroatoms. The van der Waals surface area contributed by atoms with Crippen molar-refractivity contribution in [3.63, 3.8) is 0 Å². The number of aryl methyl sites for hydroxylation is 3. The molecule has 124 valence electrons. The van der Waals surface area contributed by atoms with E-state index in [1.807, 2.05) is 0 Å². The highest BCUT2D eigenvalue weighted by Gasteiger charge is 2.04. The molecule has 0 saturated heterocycles. The summed E-state index contributed by atoms with van der Waals surface area (Å²) in [5.41, 5.74) is 3.64. The van der Waals surface area contributed by atoms with Gasteiger partial charge in [-0.25, -0.2) is 9.98 Å². The van der Waals surface area contributed by atoms with Gasteiger partial charge in [-0.15, -0.1) is 11.3 Å². The van der Waals surface area contributed by atoms with Gasteiger partial charge in [-0.3, -0.25) is 0 Å². The molecular formula is C18H26N4S. The molecule has 0 unspecified atom stereocenters. The number of nitrogens with one attached hydrogen (secondary N) is 2. The standard InChI is InChI=1S/C18H26N4S/c1-5-19-18(21-12-16-8-6-7-13(2)11-16)20-10-9-17-22-14(3)15(4)23-17/h6-8,11H,5,9-10,12H2,1-4H3,(H2,19,20,21). The van der Waals surface area contributed by atoms with Crippen molar-refractivity contribution in [3.8, 4) is 0 Å². The van der Waals surface area contributed by atoms with Crippen LogP contribution in [0.3, 0.4) is 0 Å². The minimum atomic E-state index is 0.687. The molecule has 1 heterocycles. The van der Waals surface area contributed by atoms with Crippen molar-refractivity contribution in [2.75, 3.05) is 13.1 Å². The summed E-state index contributed by atoms with van der Waals surface area (Å²) in [5, 5.41) is 7.86. The summed E-state index contributed by atoms with van der Waals surface area (Å²) in [6.07, 6.45) is 0.925. The van der Waals surface area contributed by atoms with E-state index in [1.54, 1.807) is 11.3 Å². The fraction of sp³-hybridized carbons (Fsp3) is 0.444. The highest BCUT2D eigenvalue weighted by Crippen LogP contribution is 2.16. The summed E-state index contributed by atoms with van der Waals surface area (Å²) in [7, 11) is 0. The van der Waals surface area contributed by atoms with E-state index in [4.69, 9.17) is 0 Å². The van der Waals surface area contributed by atoms with Crippen LogP contribution in [0.15, 0.2) is 29.3 Å². The fourth-order valence-corrected chi connectivity index (χ4v) is 3.19. The van der Waals surface area contributed by atoms with Crippen molar-refractivity contribution in [2.24, 2.45) is 4.99 Å². The molecule has 0 aliphatic carbocycles. The Morgan fingerprint density at radius 1 is 1.22 bits per heavy atom. The van der Waals surface area contributed by atoms with Crippen LogP contribution < -0.4 is 10.6 Å². The minimum absolute atomic E-state index is 0.687. The molecule has 2 N–H and O–H groups in total. The van der Waals surface area contributed by atoms with Gasteiger partial charge in [-0.05, 0) is 33.3 Å². The van der Waals surface area contributed by atoms with E-state index in [2.05, 4.69) is 72.6 Å². The van der Waals surface area contributed by atoms with Crippen molar-refractivity contribution in [1.29, 1.82) is 0 Å². The van der Waals surface area contributed by atoms with E-state index in [-0.39, 0.29) is 0 Å². The third-order valence-electron chi connectivity index (χ3n) is 3.55. The Labute approximate surface area is 143 Å². The van der Waals surface area contributed by atoms with Crippen molar-refractivity contribution >= 4 is 17.3 Å². The first-order valence-corrected chi connectivity index (χ1v) is 8.90. The Morgan fingerprint density at radius 2 is 2.04 bits per heavy atom. The second kappa shape index (κ2) is 8.67. The van der Waals surface area contributed by atoms with E-state index in [0.717, 1.165) is 31.2 Å². The van der Waals surface area contributed by atoms with Crippen LogP contribution in [0.25, 0.3) is 0 Å². The second-order valence-corrected chi connectivity index (χ2v) is 6.90. The largest absolute Gasteiger partial charge is 0.357 e. The molecule has 23 heavy (non-hydrogen) atoms. The maximum atomic E-state index is 4.66. The molecule has 1 aromatic heterocycles. The molecule has 0 spiro atoms. The number of nitrogens with zero attached hydrogens (tertiary/aromatic N) is 2. The zero-order valence-electron chi connectivity index (χ0n) is 14.4. The Hall–Kier alpha value is -1.88. The number of guanidine groups is 1. The minimum Gasteiger partial charge on any atom is -0.357 e. The van der Waals surface area contributed by atoms with Crippen LogP contribution in [-0.4, -0.2) is 24.0 Å². The van der Waals surface area contributed by atoms with Gasteiger partial charge in [0.1, 0.15) is 0 Å². The smallest absolute Gasteiger partial charge is 0.191 e. The molecule has 0 bridgehead atoms. The summed E-state index contributed by atoms with van der Waals surface area (Å²) in [6.45, 7) is 10.8. The number of hydrogen-bond donors (Lipinski definition) is 2. The van der Waals surface area contributed by atoms with E-state index < -0.39 is 0 Å². The lowest BCUT2D eigenvalue weighted by atomic mass is 10.1. The van der Waals surface area contributed by atoms with Crippen molar-refractivity contribution in [1.82, 2.24) is 15.6 Å². The van der Waals surface area contributed by atoms with E-state index in [9.17, 15) is 0 Å². The van der Waals surface area contributed by atoms with Crippen LogP contribution in [0.1, 0.15) is 33.6 Å². The van der Waals surface area contributed by atoms with Crippen LogP contribution in [0, 0.1) is 20.8 Å². The third-order valence-corrected chi connectivity index (χ3v) is 4.68. The Bertz CT molecular complexity index is 641. The first-order chi connectivity index (χ1) is 11.1. The van der Waals surface area contributed by atoms with Gasteiger partial charge in [0.15, 0.2) is 5.96 Å². The molecule has 0 fully saturated rings. The SMILES string of the molecule is CCNC(=NCc1cccc(C)c1)NCCc1nc(C)c(C)s1. The lowest BCUT2D eigenvalue weighted by molar-refractivity contribution is 0.795. The van der Waals surface area contributed by atoms with E-state index in [0.29, 0.717) is 6.54 Å². The average molecular weight is 331 g/mol. The van der Waals surface area contributed by atoms with Crippen molar-refractivity contribution in [2.45, 2.75) is 40.7 Å². The third kappa shape index (κ3) is 5.67. The number of aliphatic imine (C=N–C) groups is 1. The van der Waals surface area contributed by atoms with Crippen molar-refractivity contribution < 1.29 is 0 Å². The molecule has 4 nitrogen and oxygen atoms in total. The van der Waals surface area contributed by atoms with Gasteiger partial charge >= 0.3 is 0 Å². The monoisotopic (exact) mass is 330 g/mol. The van der Waals surface area contributed by atoms with Gasteiger partial charge < -0.3 is 10.6 Å². The molecule has 1 aromatic carbocycles. The number of hydrogen-bond acceptors (Lipinski definition) is 3. The number of benzene rings is 1. The van der Waals surface area contributed by atoms with Gasteiger partial charge in [0.05, 0.1) is 17.2 Å². The van der Waals surface area contributed by atoms with Gasteiger partial charge in [0, 0.05) is 24.4 Å². The Kier molecular flexibility index (Phi) is 6.59. The summed E-state index contributed by atoms with van der Waals surface area (Å²) in [4.78, 5) is 10.5. The van der Waals surface area contributed by atoms with Gasteiger partial charge in [-0.1, -0.05) is 29.8 Å². The molecule has 0 aliphatic rings. The lowest BCUT2D eigenvalue weighted by Crippen LogP contribution is -2.38. The van der Waals surface area contributed by atoms with Crippen LogP contribution >= 0.6 is 11.3 Å². The summed E-state index contributed by atoms with van der Waals surface area (Å²) >= 11 is 1.78. The Balaban J connectivity index is 1.88. The van der Waals surface area contributed by atoms with Crippen LogP contribution in [0.4, 0.5) is 0 Å². The second-order valence-electron chi connectivity index (χ2n) is 5.61. The lowest BCUT2D eigenvalue weighted by Gasteiger charge is -2.10. The van der Waals surface area contributed by atoms with Crippen LogP contribution in [0.5, 0.6) is 0 Å². The molecule has 0 amide bonds. The molecule has 2 aromatic rings. The predicted octanol–water partition coefficient (Wildman–Crippen LogP) is 3.37. The quantitative estimate of drug-likeness (QED) is 0.631. The number of thiazole rings is 1. The molecule has 0 atom stereocenters. The van der Waals surface area contributed by atoms with E-state index >= 15 is 0 Å². The van der Waals surface area contributed by atoms with Gasteiger partial charge in [-0.2, -0.15) is 0 Å². The summed E-state index contributed by atoms with van der Waals surface area (Å²) in [6, 6.07) is 8.47. The first-order valence-electron chi connectivity index (χ1n) is 8.09. The van der Waals surface area contributed by atoms with Crippen LogP contribution in [-0.2, 0) is 13.0 Å². The summed E-state index contributed by atoms with van der Waals surface area (Å²) < 4.78 is 0. The highest BCUT2D eigenvalue weighted by atomic mass is 32.1. The van der Waals surface area contributed by atoms with Gasteiger partial charge in [0.25, 0.3) is 0 Å². The Morgan fingerprint density at radius 3 is 2.70 bits per heavy atom. The zero-order valence-corrected chi connectivity index (χ0v) is 15.3. The van der Waals surface area contributed by atoms with Gasteiger partial charge in [0.2, 0.25) is 0 Å². The normalized spacial score (nSPS) is 11.6. The molecule has 0 saturated carbocycles. The summed E-state index contributed by atoms with van der Waals surface area (Å²) in [5.74, 6) is 0.860.